The Kier molecular flexibility index (Phi) is 2.98. The average molecular weight is 233 g/mol. The number of benzene rings is 1. The highest BCUT2D eigenvalue weighted by molar-refractivity contribution is 6.08. The number of carbonyl (C=O) groups excluding carboxylic acids is 2. The molecule has 2 rings (SSSR count). The van der Waals surface area contributed by atoms with Crippen LogP contribution >= 0.6 is 0 Å². The van der Waals surface area contributed by atoms with Crippen LogP contribution in [0.4, 0.5) is 0 Å². The van der Waals surface area contributed by atoms with Gasteiger partial charge in [0.05, 0.1) is 5.41 Å². The van der Waals surface area contributed by atoms with Crippen molar-refractivity contribution in [3.63, 3.8) is 0 Å². The van der Waals surface area contributed by atoms with Gasteiger partial charge in [0.2, 0.25) is 11.8 Å². The number of likely N-dealkylation sites (N-methyl/N-ethyl adjacent to an activating group) is 1. The highest BCUT2D eigenvalue weighted by Gasteiger charge is 2.50. The van der Waals surface area contributed by atoms with Crippen molar-refractivity contribution in [1.82, 2.24) is 4.90 Å². The van der Waals surface area contributed by atoms with Gasteiger partial charge in [0, 0.05) is 20.1 Å². The summed E-state index contributed by atoms with van der Waals surface area (Å²) in [4.78, 5) is 25.0. The number of hydrogen-bond acceptors (Lipinski definition) is 3. The molecule has 1 fully saturated rings. The quantitative estimate of drug-likeness (QED) is 0.782. The first-order valence-electron chi connectivity index (χ1n) is 5.59. The molecule has 17 heavy (non-hydrogen) atoms. The van der Waals surface area contributed by atoms with E-state index in [-0.39, 0.29) is 31.3 Å². The van der Waals surface area contributed by atoms with Crippen LogP contribution in [0.1, 0.15) is 18.4 Å². The second-order valence-corrected chi connectivity index (χ2v) is 4.36. The van der Waals surface area contributed by atoms with Crippen LogP contribution in [0.15, 0.2) is 30.3 Å². The SMILES string of the molecule is CN1C(=O)CC(CCO)(c2ccccc2)C1=O. The normalized spacial score (nSPS) is 24.5. The topological polar surface area (TPSA) is 57.6 Å². The van der Waals surface area contributed by atoms with Crippen LogP contribution in [0.5, 0.6) is 0 Å². The second kappa shape index (κ2) is 4.30. The van der Waals surface area contributed by atoms with Crippen molar-refractivity contribution in [2.24, 2.45) is 0 Å². The summed E-state index contributed by atoms with van der Waals surface area (Å²) in [5, 5.41) is 9.16. The molecule has 1 aliphatic rings. The van der Waals surface area contributed by atoms with Crippen LogP contribution in [0, 0.1) is 0 Å². The molecule has 1 aliphatic heterocycles. The summed E-state index contributed by atoms with van der Waals surface area (Å²) in [6.45, 7) is -0.109. The number of amides is 2. The summed E-state index contributed by atoms with van der Waals surface area (Å²) in [7, 11) is 1.49. The van der Waals surface area contributed by atoms with Crippen LogP contribution < -0.4 is 0 Å². The van der Waals surface area contributed by atoms with Gasteiger partial charge in [0.1, 0.15) is 0 Å². The zero-order chi connectivity index (χ0) is 12.5. The highest BCUT2D eigenvalue weighted by atomic mass is 16.3. The molecular formula is C13H15NO3. The minimum atomic E-state index is -0.873. The van der Waals surface area contributed by atoms with E-state index >= 15 is 0 Å². The van der Waals surface area contributed by atoms with Gasteiger partial charge in [-0.1, -0.05) is 30.3 Å². The summed E-state index contributed by atoms with van der Waals surface area (Å²) in [6, 6.07) is 9.20. The van der Waals surface area contributed by atoms with Crippen molar-refractivity contribution in [3.05, 3.63) is 35.9 Å². The molecule has 0 aliphatic carbocycles. The Morgan fingerprint density at radius 1 is 1.29 bits per heavy atom. The number of rotatable bonds is 3. The van der Waals surface area contributed by atoms with E-state index in [1.807, 2.05) is 30.3 Å². The molecule has 4 heteroatoms. The molecule has 0 spiro atoms. The van der Waals surface area contributed by atoms with Crippen LogP contribution in [0.2, 0.25) is 0 Å². The number of aliphatic hydroxyl groups excluding tert-OH is 1. The molecule has 90 valence electrons. The smallest absolute Gasteiger partial charge is 0.240 e. The molecule has 2 amide bonds. The van der Waals surface area contributed by atoms with Crippen molar-refractivity contribution in [3.8, 4) is 0 Å². The molecule has 0 bridgehead atoms. The second-order valence-electron chi connectivity index (χ2n) is 4.36. The summed E-state index contributed by atoms with van der Waals surface area (Å²) in [5.41, 5.74) is -0.0706. The highest BCUT2D eigenvalue weighted by Crippen LogP contribution is 2.38. The van der Waals surface area contributed by atoms with Gasteiger partial charge in [-0.2, -0.15) is 0 Å². The molecule has 1 aromatic rings. The van der Waals surface area contributed by atoms with E-state index in [0.29, 0.717) is 0 Å². The van der Waals surface area contributed by atoms with Crippen molar-refractivity contribution in [2.75, 3.05) is 13.7 Å². The lowest BCUT2D eigenvalue weighted by Gasteiger charge is -2.25. The van der Waals surface area contributed by atoms with Crippen molar-refractivity contribution in [2.45, 2.75) is 18.3 Å². The molecule has 1 N–H and O–H groups in total. The first-order valence-corrected chi connectivity index (χ1v) is 5.59. The Bertz CT molecular complexity index is 443. The number of imide groups is 1. The van der Waals surface area contributed by atoms with Crippen molar-refractivity contribution in [1.29, 1.82) is 0 Å². The van der Waals surface area contributed by atoms with Gasteiger partial charge >= 0.3 is 0 Å². The average Bonchev–Trinajstić information content (AvgIpc) is 2.57. The molecule has 1 atom stereocenters. The van der Waals surface area contributed by atoms with E-state index in [1.165, 1.54) is 7.05 Å². The Morgan fingerprint density at radius 2 is 1.94 bits per heavy atom. The lowest BCUT2D eigenvalue weighted by atomic mass is 9.76. The maximum absolute atomic E-state index is 12.2. The van der Waals surface area contributed by atoms with Gasteiger partial charge in [0.25, 0.3) is 0 Å². The van der Waals surface area contributed by atoms with Gasteiger partial charge in [-0.3, -0.25) is 14.5 Å². The molecule has 4 nitrogen and oxygen atoms in total. The number of likely N-dealkylation sites (tertiary alicyclic amines) is 1. The van der Waals surface area contributed by atoms with Crippen LogP contribution in [-0.2, 0) is 15.0 Å². The maximum atomic E-state index is 12.2. The number of carbonyl (C=O) groups is 2. The minimum Gasteiger partial charge on any atom is -0.396 e. The predicted molar refractivity (Wildman–Crippen MR) is 62.2 cm³/mol. The fourth-order valence-corrected chi connectivity index (χ4v) is 2.40. The summed E-state index contributed by atoms with van der Waals surface area (Å²) < 4.78 is 0. The lowest BCUT2D eigenvalue weighted by molar-refractivity contribution is -0.138. The summed E-state index contributed by atoms with van der Waals surface area (Å²) in [6.07, 6.45) is 0.429. The Balaban J connectivity index is 2.48. The van der Waals surface area contributed by atoms with E-state index < -0.39 is 5.41 Å². The lowest BCUT2D eigenvalue weighted by Crippen LogP contribution is -2.37. The predicted octanol–water partition coefficient (Wildman–Crippen LogP) is 0.696. The van der Waals surface area contributed by atoms with E-state index in [2.05, 4.69) is 0 Å². The molecule has 1 saturated heterocycles. The fraction of sp³-hybridized carbons (Fsp3) is 0.385. The number of aliphatic hydroxyl groups is 1. The monoisotopic (exact) mass is 233 g/mol. The molecule has 1 heterocycles. The Morgan fingerprint density at radius 3 is 2.41 bits per heavy atom. The number of hydrogen-bond donors (Lipinski definition) is 1. The minimum absolute atomic E-state index is 0.109. The molecule has 0 radical (unpaired) electrons. The zero-order valence-electron chi connectivity index (χ0n) is 9.72. The van der Waals surface area contributed by atoms with E-state index in [9.17, 15) is 9.59 Å². The first-order chi connectivity index (χ1) is 8.12. The molecule has 0 aromatic heterocycles. The first kappa shape index (κ1) is 11.8. The molecule has 0 saturated carbocycles. The van der Waals surface area contributed by atoms with Crippen LogP contribution in [0.25, 0.3) is 0 Å². The molecular weight excluding hydrogens is 218 g/mol. The third kappa shape index (κ3) is 1.74. The van der Waals surface area contributed by atoms with Gasteiger partial charge in [-0.15, -0.1) is 0 Å². The van der Waals surface area contributed by atoms with Gasteiger partial charge in [-0.25, -0.2) is 0 Å². The largest absolute Gasteiger partial charge is 0.396 e. The van der Waals surface area contributed by atoms with E-state index in [4.69, 9.17) is 5.11 Å². The van der Waals surface area contributed by atoms with Crippen LogP contribution in [-0.4, -0.2) is 35.5 Å². The number of nitrogens with zero attached hydrogens (tertiary/aromatic N) is 1. The van der Waals surface area contributed by atoms with E-state index in [0.717, 1.165) is 10.5 Å². The molecule has 1 aromatic carbocycles. The van der Waals surface area contributed by atoms with Crippen LogP contribution in [0.3, 0.4) is 0 Å². The Hall–Kier alpha value is -1.68. The molecule has 1 unspecified atom stereocenters. The summed E-state index contributed by atoms with van der Waals surface area (Å²) >= 11 is 0. The third-order valence-electron chi connectivity index (χ3n) is 3.41. The maximum Gasteiger partial charge on any atom is 0.240 e. The fourth-order valence-electron chi connectivity index (χ4n) is 2.40. The van der Waals surface area contributed by atoms with Crippen molar-refractivity contribution < 1.29 is 14.7 Å². The Labute approximate surface area is 99.9 Å². The van der Waals surface area contributed by atoms with Crippen molar-refractivity contribution >= 4 is 11.8 Å². The summed E-state index contributed by atoms with van der Waals surface area (Å²) in [5.74, 6) is -0.407. The standard InChI is InChI=1S/C13H15NO3/c1-14-11(16)9-13(7-8-15,12(14)17)10-5-3-2-4-6-10/h2-6,15H,7-9H2,1H3. The van der Waals surface area contributed by atoms with E-state index in [1.54, 1.807) is 0 Å². The van der Waals surface area contributed by atoms with Gasteiger partial charge in [0.15, 0.2) is 0 Å². The van der Waals surface area contributed by atoms with Gasteiger partial charge in [-0.05, 0) is 12.0 Å². The third-order valence-corrected chi connectivity index (χ3v) is 3.41. The zero-order valence-corrected chi connectivity index (χ0v) is 9.72. The van der Waals surface area contributed by atoms with Gasteiger partial charge < -0.3 is 5.11 Å².